The fraction of sp³-hybridized carbons (Fsp3) is 0.600. The Kier molecular flexibility index (Phi) is 3.80. The highest BCUT2D eigenvalue weighted by Gasteiger charge is 2.25. The lowest BCUT2D eigenvalue weighted by Gasteiger charge is -2.27. The Morgan fingerprint density at radius 2 is 1.25 bits per heavy atom. The molecule has 0 bridgehead atoms. The van der Waals surface area contributed by atoms with Gasteiger partial charge in [0.2, 0.25) is 0 Å². The van der Waals surface area contributed by atoms with Gasteiger partial charge in [-0.15, -0.1) is 0 Å². The molecule has 0 unspecified atom stereocenters. The van der Waals surface area contributed by atoms with Crippen molar-refractivity contribution in [3.63, 3.8) is 0 Å². The number of rotatable bonds is 3. The van der Waals surface area contributed by atoms with E-state index in [1.165, 1.54) is 5.56 Å². The maximum atomic E-state index is 10.4. The van der Waals surface area contributed by atoms with E-state index in [0.29, 0.717) is 0 Å². The van der Waals surface area contributed by atoms with Crippen LogP contribution < -0.4 is 0 Å². The predicted molar refractivity (Wildman–Crippen MR) is 69.6 cm³/mol. The molecule has 1 N–H and O–H groups in total. The molecule has 0 atom stereocenters. The van der Waals surface area contributed by atoms with Crippen LogP contribution in [-0.4, -0.2) is 5.11 Å². The van der Waals surface area contributed by atoms with Crippen LogP contribution in [0.25, 0.3) is 0 Å². The van der Waals surface area contributed by atoms with Crippen LogP contribution in [0.5, 0.6) is 0 Å². The average molecular weight is 220 g/mol. The summed E-state index contributed by atoms with van der Waals surface area (Å²) in [4.78, 5) is 0. The number of hydrogen-bond acceptors (Lipinski definition) is 1. The molecule has 0 aromatic heterocycles. The standard InChI is InChI=1S/C15H24O/c1-6-15(16,7-2)13-10-8-12(9-11-13)14(3,4)5/h8-11,16H,6-7H2,1-5H3. The summed E-state index contributed by atoms with van der Waals surface area (Å²) in [5.74, 6) is 0. The highest BCUT2D eigenvalue weighted by molar-refractivity contribution is 5.30. The third-order valence-electron chi connectivity index (χ3n) is 3.46. The SMILES string of the molecule is CCC(O)(CC)c1ccc(C(C)(C)C)cc1. The molecule has 1 aromatic rings. The van der Waals surface area contributed by atoms with Gasteiger partial charge in [-0.25, -0.2) is 0 Å². The van der Waals surface area contributed by atoms with E-state index in [1.54, 1.807) is 0 Å². The lowest BCUT2D eigenvalue weighted by molar-refractivity contribution is 0.0283. The number of hydrogen-bond donors (Lipinski definition) is 1. The van der Waals surface area contributed by atoms with Crippen LogP contribution in [-0.2, 0) is 11.0 Å². The van der Waals surface area contributed by atoms with E-state index in [4.69, 9.17) is 0 Å². The molecule has 1 heteroatoms. The molecule has 0 heterocycles. The van der Waals surface area contributed by atoms with Crippen molar-refractivity contribution >= 4 is 0 Å². The maximum absolute atomic E-state index is 10.4. The van der Waals surface area contributed by atoms with Gasteiger partial charge in [0.1, 0.15) is 0 Å². The van der Waals surface area contributed by atoms with Gasteiger partial charge < -0.3 is 5.11 Å². The molecular formula is C15H24O. The zero-order chi connectivity index (χ0) is 12.4. The van der Waals surface area contributed by atoms with Crippen LogP contribution in [0, 0.1) is 0 Å². The minimum atomic E-state index is -0.656. The van der Waals surface area contributed by atoms with Crippen molar-refractivity contribution in [2.75, 3.05) is 0 Å². The largest absolute Gasteiger partial charge is 0.385 e. The average Bonchev–Trinajstić information content (AvgIpc) is 2.27. The van der Waals surface area contributed by atoms with Crippen molar-refractivity contribution in [1.82, 2.24) is 0 Å². The summed E-state index contributed by atoms with van der Waals surface area (Å²) in [7, 11) is 0. The van der Waals surface area contributed by atoms with E-state index in [-0.39, 0.29) is 5.41 Å². The van der Waals surface area contributed by atoms with Crippen LogP contribution in [0.2, 0.25) is 0 Å². The Labute approximate surface area is 99.5 Å². The summed E-state index contributed by atoms with van der Waals surface area (Å²) in [6.07, 6.45) is 1.52. The Hall–Kier alpha value is -0.820. The molecule has 1 nitrogen and oxygen atoms in total. The molecule has 0 fully saturated rings. The molecule has 0 saturated carbocycles. The molecule has 0 radical (unpaired) electrons. The monoisotopic (exact) mass is 220 g/mol. The predicted octanol–water partition coefficient (Wildman–Crippen LogP) is 3.99. The van der Waals surface area contributed by atoms with Gasteiger partial charge in [-0.2, -0.15) is 0 Å². The van der Waals surface area contributed by atoms with Crippen molar-refractivity contribution < 1.29 is 5.11 Å². The van der Waals surface area contributed by atoms with Crippen LogP contribution in [0.1, 0.15) is 58.6 Å². The van der Waals surface area contributed by atoms with E-state index >= 15 is 0 Å². The summed E-state index contributed by atoms with van der Waals surface area (Å²) in [6, 6.07) is 8.39. The normalized spacial score (nSPS) is 12.9. The first-order valence-electron chi connectivity index (χ1n) is 6.17. The van der Waals surface area contributed by atoms with Crippen LogP contribution >= 0.6 is 0 Å². The highest BCUT2D eigenvalue weighted by Crippen LogP contribution is 2.30. The van der Waals surface area contributed by atoms with Crippen LogP contribution in [0.3, 0.4) is 0 Å². The Balaban J connectivity index is 3.04. The van der Waals surface area contributed by atoms with E-state index in [1.807, 2.05) is 13.8 Å². The van der Waals surface area contributed by atoms with Gasteiger partial charge in [-0.05, 0) is 29.4 Å². The molecule has 0 amide bonds. The summed E-state index contributed by atoms with van der Waals surface area (Å²) >= 11 is 0. The van der Waals surface area contributed by atoms with Crippen LogP contribution in [0.15, 0.2) is 24.3 Å². The van der Waals surface area contributed by atoms with Crippen molar-refractivity contribution in [3.05, 3.63) is 35.4 Å². The Morgan fingerprint density at radius 3 is 1.56 bits per heavy atom. The van der Waals surface area contributed by atoms with E-state index < -0.39 is 5.60 Å². The molecule has 90 valence electrons. The fourth-order valence-electron chi connectivity index (χ4n) is 1.94. The summed E-state index contributed by atoms with van der Waals surface area (Å²) in [5.41, 5.74) is 1.86. The third kappa shape index (κ3) is 2.65. The first kappa shape index (κ1) is 13.2. The Bertz CT molecular complexity index is 325. The lowest BCUT2D eigenvalue weighted by atomic mass is 9.83. The second-order valence-electron chi connectivity index (χ2n) is 5.57. The summed E-state index contributed by atoms with van der Waals surface area (Å²) in [5, 5.41) is 10.4. The molecule has 1 aromatic carbocycles. The fourth-order valence-corrected chi connectivity index (χ4v) is 1.94. The topological polar surface area (TPSA) is 20.2 Å². The lowest BCUT2D eigenvalue weighted by Crippen LogP contribution is -2.23. The minimum absolute atomic E-state index is 0.176. The smallest absolute Gasteiger partial charge is 0.0891 e. The molecule has 1 rings (SSSR count). The first-order chi connectivity index (χ1) is 7.33. The van der Waals surface area contributed by atoms with Gasteiger partial charge in [0.05, 0.1) is 5.60 Å². The molecule has 0 aliphatic heterocycles. The molecule has 0 spiro atoms. The van der Waals surface area contributed by atoms with E-state index in [9.17, 15) is 5.11 Å². The van der Waals surface area contributed by atoms with Gasteiger partial charge in [0, 0.05) is 0 Å². The van der Waals surface area contributed by atoms with E-state index in [0.717, 1.165) is 18.4 Å². The second-order valence-corrected chi connectivity index (χ2v) is 5.57. The van der Waals surface area contributed by atoms with Gasteiger partial charge in [0.15, 0.2) is 0 Å². The summed E-state index contributed by atoms with van der Waals surface area (Å²) < 4.78 is 0. The minimum Gasteiger partial charge on any atom is -0.385 e. The van der Waals surface area contributed by atoms with Gasteiger partial charge in [-0.1, -0.05) is 58.9 Å². The number of benzene rings is 1. The van der Waals surface area contributed by atoms with E-state index in [2.05, 4.69) is 45.0 Å². The third-order valence-corrected chi connectivity index (χ3v) is 3.46. The van der Waals surface area contributed by atoms with Gasteiger partial charge >= 0.3 is 0 Å². The molecule has 0 aliphatic carbocycles. The van der Waals surface area contributed by atoms with Gasteiger partial charge in [0.25, 0.3) is 0 Å². The molecule has 0 saturated heterocycles. The maximum Gasteiger partial charge on any atom is 0.0891 e. The van der Waals surface area contributed by atoms with Gasteiger partial charge in [-0.3, -0.25) is 0 Å². The number of aliphatic hydroxyl groups is 1. The second kappa shape index (κ2) is 4.58. The zero-order valence-corrected chi connectivity index (χ0v) is 11.2. The van der Waals surface area contributed by atoms with Crippen LogP contribution in [0.4, 0.5) is 0 Å². The molecule has 16 heavy (non-hydrogen) atoms. The summed E-state index contributed by atoms with van der Waals surface area (Å²) in [6.45, 7) is 10.7. The first-order valence-corrected chi connectivity index (χ1v) is 6.17. The van der Waals surface area contributed by atoms with Crippen molar-refractivity contribution in [2.24, 2.45) is 0 Å². The quantitative estimate of drug-likeness (QED) is 0.816. The van der Waals surface area contributed by atoms with Crippen molar-refractivity contribution in [3.8, 4) is 0 Å². The van der Waals surface area contributed by atoms with Crippen molar-refractivity contribution in [2.45, 2.75) is 58.5 Å². The highest BCUT2D eigenvalue weighted by atomic mass is 16.3. The Morgan fingerprint density at radius 1 is 0.875 bits per heavy atom. The molecule has 0 aliphatic rings. The molecular weight excluding hydrogens is 196 g/mol. The zero-order valence-electron chi connectivity index (χ0n) is 11.2. The van der Waals surface area contributed by atoms with Crippen molar-refractivity contribution in [1.29, 1.82) is 0 Å².